The predicted molar refractivity (Wildman–Crippen MR) is 58.3 cm³/mol. The minimum absolute atomic E-state index is 0.0893. The van der Waals surface area contributed by atoms with Crippen LogP contribution in [0.3, 0.4) is 0 Å². The van der Waals surface area contributed by atoms with Crippen LogP contribution >= 0.6 is 11.6 Å². The molecule has 1 heterocycles. The third kappa shape index (κ3) is 3.28. The molecule has 0 aliphatic heterocycles. The van der Waals surface area contributed by atoms with Crippen molar-refractivity contribution in [3.63, 3.8) is 0 Å². The van der Waals surface area contributed by atoms with Crippen molar-refractivity contribution in [2.75, 3.05) is 0 Å². The number of aliphatic hydroxyl groups is 1. The summed E-state index contributed by atoms with van der Waals surface area (Å²) in [6, 6.07) is 1.76. The van der Waals surface area contributed by atoms with Gasteiger partial charge in [0.05, 0.1) is 11.1 Å². The third-order valence-electron chi connectivity index (χ3n) is 1.97. The van der Waals surface area contributed by atoms with E-state index < -0.39 is 6.10 Å². The Balaban J connectivity index is 2.80. The summed E-state index contributed by atoms with van der Waals surface area (Å²) < 4.78 is 0. The zero-order valence-corrected chi connectivity index (χ0v) is 9.54. The maximum Gasteiger partial charge on any atom is 0.0810 e. The highest BCUT2D eigenvalue weighted by Crippen LogP contribution is 2.31. The number of rotatable bonds is 2. The highest BCUT2D eigenvalue weighted by Gasteiger charge is 2.19. The molecular weight excluding hydrogens is 198 g/mol. The van der Waals surface area contributed by atoms with Gasteiger partial charge in [-0.3, -0.25) is 4.98 Å². The summed E-state index contributed by atoms with van der Waals surface area (Å²) in [6.07, 6.45) is 3.39. The second-order valence-electron chi connectivity index (χ2n) is 4.68. The summed E-state index contributed by atoms with van der Waals surface area (Å²) in [7, 11) is 0. The first-order valence-electron chi connectivity index (χ1n) is 4.67. The lowest BCUT2D eigenvalue weighted by atomic mass is 9.87. The molecule has 3 heteroatoms. The van der Waals surface area contributed by atoms with Gasteiger partial charge in [0.25, 0.3) is 0 Å². The van der Waals surface area contributed by atoms with E-state index in [9.17, 15) is 5.11 Å². The number of aromatic nitrogens is 1. The Morgan fingerprint density at radius 1 is 1.50 bits per heavy atom. The van der Waals surface area contributed by atoms with Crippen LogP contribution in [0.1, 0.15) is 38.9 Å². The van der Waals surface area contributed by atoms with E-state index in [4.69, 9.17) is 11.6 Å². The molecule has 1 rings (SSSR count). The van der Waals surface area contributed by atoms with Crippen LogP contribution in [0.15, 0.2) is 18.5 Å². The van der Waals surface area contributed by atoms with Crippen molar-refractivity contribution in [2.45, 2.75) is 33.3 Å². The standard InChI is InChI=1S/C11H16ClNO/c1-11(2,3)6-10(14)8-4-5-13-7-9(8)12/h4-5,7,10,14H,6H2,1-3H3. The topological polar surface area (TPSA) is 33.1 Å². The number of hydrogen-bond acceptors (Lipinski definition) is 2. The minimum atomic E-state index is -0.509. The van der Waals surface area contributed by atoms with Crippen molar-refractivity contribution in [1.29, 1.82) is 0 Å². The predicted octanol–water partition coefficient (Wildman–Crippen LogP) is 3.20. The monoisotopic (exact) mass is 213 g/mol. The third-order valence-corrected chi connectivity index (χ3v) is 2.28. The fourth-order valence-corrected chi connectivity index (χ4v) is 1.59. The molecule has 0 spiro atoms. The van der Waals surface area contributed by atoms with Crippen LogP contribution in [-0.4, -0.2) is 10.1 Å². The van der Waals surface area contributed by atoms with Gasteiger partial charge >= 0.3 is 0 Å². The average molecular weight is 214 g/mol. The van der Waals surface area contributed by atoms with Gasteiger partial charge in [-0.15, -0.1) is 0 Å². The molecule has 1 unspecified atom stereocenters. The van der Waals surface area contributed by atoms with Crippen molar-refractivity contribution in [1.82, 2.24) is 4.98 Å². The van der Waals surface area contributed by atoms with Crippen LogP contribution in [0.4, 0.5) is 0 Å². The van der Waals surface area contributed by atoms with Crippen LogP contribution < -0.4 is 0 Å². The van der Waals surface area contributed by atoms with Gasteiger partial charge in [-0.25, -0.2) is 0 Å². The van der Waals surface area contributed by atoms with E-state index >= 15 is 0 Å². The van der Waals surface area contributed by atoms with Crippen LogP contribution in [0.2, 0.25) is 5.02 Å². The van der Waals surface area contributed by atoms with Crippen LogP contribution in [0.25, 0.3) is 0 Å². The molecule has 0 radical (unpaired) electrons. The van der Waals surface area contributed by atoms with Crippen molar-refractivity contribution in [3.05, 3.63) is 29.0 Å². The Bertz CT molecular complexity index is 306. The minimum Gasteiger partial charge on any atom is -0.388 e. The summed E-state index contributed by atoms with van der Waals surface area (Å²) in [5.41, 5.74) is 0.850. The van der Waals surface area contributed by atoms with Gasteiger partial charge in [0.15, 0.2) is 0 Å². The van der Waals surface area contributed by atoms with E-state index in [0.717, 1.165) is 5.56 Å². The summed E-state index contributed by atoms with van der Waals surface area (Å²) in [5, 5.41) is 10.5. The molecule has 0 saturated heterocycles. The maximum atomic E-state index is 9.92. The molecule has 0 saturated carbocycles. The van der Waals surface area contributed by atoms with Gasteiger partial charge in [-0.2, -0.15) is 0 Å². The second-order valence-corrected chi connectivity index (χ2v) is 5.08. The first-order valence-corrected chi connectivity index (χ1v) is 5.05. The fraction of sp³-hybridized carbons (Fsp3) is 0.545. The van der Waals surface area contributed by atoms with E-state index in [0.29, 0.717) is 11.4 Å². The van der Waals surface area contributed by atoms with Gasteiger partial charge < -0.3 is 5.11 Å². The maximum absolute atomic E-state index is 9.92. The molecule has 78 valence electrons. The van der Waals surface area contributed by atoms with Crippen LogP contribution in [0, 0.1) is 5.41 Å². The molecular formula is C11H16ClNO. The Morgan fingerprint density at radius 2 is 2.14 bits per heavy atom. The van der Waals surface area contributed by atoms with Crippen molar-refractivity contribution in [3.8, 4) is 0 Å². The van der Waals surface area contributed by atoms with E-state index in [1.54, 1.807) is 18.5 Å². The SMILES string of the molecule is CC(C)(C)CC(O)c1ccncc1Cl. The molecule has 1 N–H and O–H groups in total. The summed E-state index contributed by atoms with van der Waals surface area (Å²) in [4.78, 5) is 3.88. The summed E-state index contributed by atoms with van der Waals surface area (Å²) >= 11 is 5.93. The molecule has 1 aromatic rings. The molecule has 1 aromatic heterocycles. The second kappa shape index (κ2) is 4.28. The average Bonchev–Trinajstić information content (AvgIpc) is 2.01. The lowest BCUT2D eigenvalue weighted by molar-refractivity contribution is 0.122. The Morgan fingerprint density at radius 3 is 2.64 bits per heavy atom. The van der Waals surface area contributed by atoms with Crippen LogP contribution in [0.5, 0.6) is 0 Å². The molecule has 0 bridgehead atoms. The smallest absolute Gasteiger partial charge is 0.0810 e. The summed E-state index contributed by atoms with van der Waals surface area (Å²) in [5.74, 6) is 0. The largest absolute Gasteiger partial charge is 0.388 e. The number of pyridine rings is 1. The van der Waals surface area contributed by atoms with Gasteiger partial charge in [0, 0.05) is 18.0 Å². The fourth-order valence-electron chi connectivity index (χ4n) is 1.35. The zero-order valence-electron chi connectivity index (χ0n) is 8.79. The molecule has 1 atom stereocenters. The van der Waals surface area contributed by atoms with Gasteiger partial charge in [-0.1, -0.05) is 32.4 Å². The molecule has 2 nitrogen and oxygen atoms in total. The van der Waals surface area contributed by atoms with Crippen molar-refractivity contribution >= 4 is 11.6 Å². The van der Waals surface area contributed by atoms with E-state index in [1.165, 1.54) is 0 Å². The number of nitrogens with zero attached hydrogens (tertiary/aromatic N) is 1. The van der Waals surface area contributed by atoms with Crippen molar-refractivity contribution in [2.24, 2.45) is 5.41 Å². The highest BCUT2D eigenvalue weighted by molar-refractivity contribution is 6.31. The zero-order chi connectivity index (χ0) is 10.8. The first-order chi connectivity index (χ1) is 6.40. The molecule has 0 amide bonds. The number of hydrogen-bond donors (Lipinski definition) is 1. The first kappa shape index (κ1) is 11.5. The Kier molecular flexibility index (Phi) is 3.51. The normalized spacial score (nSPS) is 14.1. The van der Waals surface area contributed by atoms with E-state index in [2.05, 4.69) is 25.8 Å². The molecule has 0 aliphatic carbocycles. The van der Waals surface area contributed by atoms with E-state index in [-0.39, 0.29) is 5.41 Å². The van der Waals surface area contributed by atoms with Gasteiger partial charge in [0.1, 0.15) is 0 Å². The number of halogens is 1. The van der Waals surface area contributed by atoms with Crippen LogP contribution in [-0.2, 0) is 0 Å². The summed E-state index contributed by atoms with van der Waals surface area (Å²) in [6.45, 7) is 6.27. The lowest BCUT2D eigenvalue weighted by Crippen LogP contribution is -2.11. The number of aliphatic hydroxyl groups excluding tert-OH is 1. The molecule has 0 aliphatic rings. The Hall–Kier alpha value is -0.600. The molecule has 0 fully saturated rings. The quantitative estimate of drug-likeness (QED) is 0.819. The Labute approximate surface area is 89.9 Å². The lowest BCUT2D eigenvalue weighted by Gasteiger charge is -2.22. The highest BCUT2D eigenvalue weighted by atomic mass is 35.5. The van der Waals surface area contributed by atoms with Gasteiger partial charge in [-0.05, 0) is 17.9 Å². The van der Waals surface area contributed by atoms with Crippen molar-refractivity contribution < 1.29 is 5.11 Å². The molecule has 0 aromatic carbocycles. The van der Waals surface area contributed by atoms with E-state index in [1.807, 2.05) is 0 Å². The molecule has 14 heavy (non-hydrogen) atoms. The van der Waals surface area contributed by atoms with Gasteiger partial charge in [0.2, 0.25) is 0 Å².